The van der Waals surface area contributed by atoms with E-state index < -0.39 is 0 Å². The van der Waals surface area contributed by atoms with E-state index in [1.54, 1.807) is 0 Å². The average Bonchev–Trinajstić information content (AvgIpc) is 2.50. The van der Waals surface area contributed by atoms with Crippen LogP contribution in [-0.2, 0) is 19.1 Å². The molecule has 0 aromatic carbocycles. The second kappa shape index (κ2) is 7.25. The average molecular weight is 230 g/mol. The first-order valence-corrected chi connectivity index (χ1v) is 5.47. The molecule has 2 saturated heterocycles. The fourth-order valence-electron chi connectivity index (χ4n) is 1.54. The Balaban J connectivity index is 0.000000267. The van der Waals surface area contributed by atoms with Gasteiger partial charge in [-0.05, 0) is 33.1 Å². The fourth-order valence-corrected chi connectivity index (χ4v) is 1.54. The molecular formula is C12H22O4. The summed E-state index contributed by atoms with van der Waals surface area (Å²) in [6.07, 6.45) is 4.50. The van der Waals surface area contributed by atoms with Crippen LogP contribution in [0.15, 0.2) is 0 Å². The number of hydrogen-bond donors (Lipinski definition) is 0. The molecule has 0 amide bonds. The Morgan fingerprint density at radius 3 is 1.69 bits per heavy atom. The van der Waals surface area contributed by atoms with Crippen molar-refractivity contribution in [2.24, 2.45) is 0 Å². The second-order valence-electron chi connectivity index (χ2n) is 4.03. The third-order valence-corrected chi connectivity index (χ3v) is 2.41. The van der Waals surface area contributed by atoms with E-state index in [0.717, 1.165) is 19.3 Å². The molecule has 0 saturated carbocycles. The molecule has 16 heavy (non-hydrogen) atoms. The Bertz CT molecular complexity index is 237. The van der Waals surface area contributed by atoms with E-state index in [9.17, 15) is 9.59 Å². The van der Waals surface area contributed by atoms with Gasteiger partial charge in [0.05, 0.1) is 12.2 Å². The van der Waals surface area contributed by atoms with Crippen molar-refractivity contribution >= 4 is 11.9 Å². The first-order chi connectivity index (χ1) is 7.08. The number of rotatable bonds is 0. The summed E-state index contributed by atoms with van der Waals surface area (Å²) in [5.74, 6) is -0.0868. The Morgan fingerprint density at radius 1 is 0.938 bits per heavy atom. The van der Waals surface area contributed by atoms with Crippen molar-refractivity contribution in [1.82, 2.24) is 0 Å². The highest BCUT2D eigenvalue weighted by atomic mass is 16.5. The lowest BCUT2D eigenvalue weighted by atomic mass is 10.1. The molecule has 2 rings (SSSR count). The van der Waals surface area contributed by atoms with Crippen LogP contribution in [0.1, 0.15) is 53.4 Å². The highest BCUT2D eigenvalue weighted by Gasteiger charge is 2.17. The molecule has 2 heterocycles. The minimum Gasteiger partial charge on any atom is -0.463 e. The van der Waals surface area contributed by atoms with Crippen LogP contribution in [0.25, 0.3) is 0 Å². The maximum absolute atomic E-state index is 10.5. The molecule has 0 spiro atoms. The minimum absolute atomic E-state index is 0. The molecule has 0 aliphatic carbocycles. The smallest absolute Gasteiger partial charge is 0.306 e. The van der Waals surface area contributed by atoms with Gasteiger partial charge in [-0.2, -0.15) is 0 Å². The molecule has 4 nitrogen and oxygen atoms in total. The number of carbonyl (C=O) groups is 2. The van der Waals surface area contributed by atoms with Crippen LogP contribution in [0.2, 0.25) is 0 Å². The summed E-state index contributed by atoms with van der Waals surface area (Å²) in [5.41, 5.74) is 0. The molecule has 4 heteroatoms. The largest absolute Gasteiger partial charge is 0.463 e. The van der Waals surface area contributed by atoms with Gasteiger partial charge >= 0.3 is 11.9 Å². The van der Waals surface area contributed by atoms with Crippen LogP contribution in [0.3, 0.4) is 0 Å². The summed E-state index contributed by atoms with van der Waals surface area (Å²) in [6, 6.07) is 0. The second-order valence-corrected chi connectivity index (χ2v) is 4.03. The lowest BCUT2D eigenvalue weighted by molar-refractivity contribution is -0.152. The van der Waals surface area contributed by atoms with E-state index in [2.05, 4.69) is 0 Å². The molecule has 94 valence electrons. The molecule has 0 N–H and O–H groups in total. The number of carbonyl (C=O) groups excluding carboxylic acids is 2. The summed E-state index contributed by atoms with van der Waals surface area (Å²) in [7, 11) is 0. The normalized spacial score (nSPS) is 28.1. The Hall–Kier alpha value is -1.06. The number of hydrogen-bond acceptors (Lipinski definition) is 4. The minimum atomic E-state index is -0.0486. The topological polar surface area (TPSA) is 52.6 Å². The summed E-state index contributed by atoms with van der Waals surface area (Å²) in [4.78, 5) is 20.7. The molecule has 2 aliphatic rings. The summed E-state index contributed by atoms with van der Waals surface area (Å²) < 4.78 is 9.57. The van der Waals surface area contributed by atoms with E-state index in [1.807, 2.05) is 13.8 Å². The van der Waals surface area contributed by atoms with Gasteiger partial charge in [-0.1, -0.05) is 7.43 Å². The van der Waals surface area contributed by atoms with Crippen LogP contribution >= 0.6 is 0 Å². The Morgan fingerprint density at radius 2 is 1.44 bits per heavy atom. The van der Waals surface area contributed by atoms with Crippen molar-refractivity contribution < 1.29 is 19.1 Å². The monoisotopic (exact) mass is 230 g/mol. The molecule has 0 radical (unpaired) electrons. The van der Waals surface area contributed by atoms with Gasteiger partial charge in [0.2, 0.25) is 0 Å². The molecule has 0 aromatic heterocycles. The van der Waals surface area contributed by atoms with Crippen LogP contribution in [0.5, 0.6) is 0 Å². The van der Waals surface area contributed by atoms with Crippen LogP contribution < -0.4 is 0 Å². The zero-order valence-electron chi connectivity index (χ0n) is 9.32. The van der Waals surface area contributed by atoms with Crippen molar-refractivity contribution in [3.05, 3.63) is 0 Å². The van der Waals surface area contributed by atoms with Gasteiger partial charge in [0.15, 0.2) is 0 Å². The van der Waals surface area contributed by atoms with Crippen molar-refractivity contribution in [3.63, 3.8) is 0 Å². The van der Waals surface area contributed by atoms with Gasteiger partial charge in [-0.25, -0.2) is 0 Å². The number of ether oxygens (including phenoxy) is 2. The predicted molar refractivity (Wildman–Crippen MR) is 60.9 cm³/mol. The van der Waals surface area contributed by atoms with Crippen molar-refractivity contribution in [3.8, 4) is 0 Å². The van der Waals surface area contributed by atoms with E-state index in [-0.39, 0.29) is 31.6 Å². The van der Waals surface area contributed by atoms with Gasteiger partial charge < -0.3 is 9.47 Å². The maximum atomic E-state index is 10.5. The van der Waals surface area contributed by atoms with E-state index in [0.29, 0.717) is 12.8 Å². The molecule has 0 aromatic rings. The first kappa shape index (κ1) is 14.9. The maximum Gasteiger partial charge on any atom is 0.306 e. The van der Waals surface area contributed by atoms with Gasteiger partial charge in [-0.15, -0.1) is 0 Å². The van der Waals surface area contributed by atoms with Crippen LogP contribution in [0.4, 0.5) is 0 Å². The van der Waals surface area contributed by atoms with Gasteiger partial charge in [-0.3, -0.25) is 9.59 Å². The van der Waals surface area contributed by atoms with Crippen molar-refractivity contribution in [2.45, 2.75) is 65.6 Å². The van der Waals surface area contributed by atoms with Gasteiger partial charge in [0, 0.05) is 12.8 Å². The molecule has 2 unspecified atom stereocenters. The van der Waals surface area contributed by atoms with Crippen molar-refractivity contribution in [1.29, 1.82) is 0 Å². The first-order valence-electron chi connectivity index (χ1n) is 5.47. The Labute approximate surface area is 97.3 Å². The third kappa shape index (κ3) is 5.73. The van der Waals surface area contributed by atoms with Gasteiger partial charge in [0.1, 0.15) is 0 Å². The number of cyclic esters (lactones) is 2. The number of esters is 2. The highest BCUT2D eigenvalue weighted by Crippen LogP contribution is 2.12. The van der Waals surface area contributed by atoms with Crippen molar-refractivity contribution in [2.75, 3.05) is 0 Å². The van der Waals surface area contributed by atoms with Crippen LogP contribution in [0, 0.1) is 0 Å². The SMILES string of the molecule is C.CC1CCC(=O)O1.CC1CCCC(=O)O1. The lowest BCUT2D eigenvalue weighted by Gasteiger charge is -2.17. The third-order valence-electron chi connectivity index (χ3n) is 2.41. The lowest BCUT2D eigenvalue weighted by Crippen LogP contribution is -2.19. The molecule has 0 bridgehead atoms. The Kier molecular flexibility index (Phi) is 6.77. The fraction of sp³-hybridized carbons (Fsp3) is 0.833. The highest BCUT2D eigenvalue weighted by molar-refractivity contribution is 5.71. The van der Waals surface area contributed by atoms with E-state index in [1.165, 1.54) is 0 Å². The summed E-state index contributed by atoms with van der Waals surface area (Å²) in [5, 5.41) is 0. The predicted octanol–water partition coefficient (Wildman–Crippen LogP) is 2.45. The summed E-state index contributed by atoms with van der Waals surface area (Å²) >= 11 is 0. The van der Waals surface area contributed by atoms with E-state index in [4.69, 9.17) is 9.47 Å². The molecule has 2 fully saturated rings. The zero-order valence-corrected chi connectivity index (χ0v) is 9.32. The standard InChI is InChI=1S/C6H10O2.C5H8O2.CH4/c1-5-3-2-4-6(7)8-5;1-4-2-3-5(6)7-4;/h5H,2-4H2,1H3;4H,2-3H2,1H3;1H4. The van der Waals surface area contributed by atoms with Gasteiger partial charge in [0.25, 0.3) is 0 Å². The molecule has 2 aliphatic heterocycles. The quantitative estimate of drug-likeness (QED) is 0.600. The van der Waals surface area contributed by atoms with E-state index >= 15 is 0 Å². The molecular weight excluding hydrogens is 208 g/mol. The zero-order chi connectivity index (χ0) is 11.3. The summed E-state index contributed by atoms with van der Waals surface area (Å²) in [6.45, 7) is 3.84. The molecule has 2 atom stereocenters. The van der Waals surface area contributed by atoms with Crippen LogP contribution in [-0.4, -0.2) is 24.1 Å².